The van der Waals surface area contributed by atoms with Gasteiger partial charge in [-0.25, -0.2) is 9.59 Å². The molecule has 196 valence electrons. The lowest BCUT2D eigenvalue weighted by molar-refractivity contribution is -0.170. The first-order chi connectivity index (χ1) is 16.3. The van der Waals surface area contributed by atoms with Crippen LogP contribution in [0.1, 0.15) is 59.9 Å². The monoisotopic (exact) mass is 491 g/mol. The number of benzene rings is 1. The van der Waals surface area contributed by atoms with Crippen LogP contribution in [0, 0.1) is 5.41 Å². The number of nitrogens with one attached hydrogen (secondary N) is 2. The first-order valence-electron chi connectivity index (χ1n) is 12.2. The van der Waals surface area contributed by atoms with E-state index in [1.165, 1.54) is 0 Å². The van der Waals surface area contributed by atoms with Crippen LogP contribution in [0.25, 0.3) is 0 Å². The number of amides is 2. The van der Waals surface area contributed by atoms with Crippen LogP contribution in [-0.4, -0.2) is 67.0 Å². The molecule has 0 spiro atoms. The summed E-state index contributed by atoms with van der Waals surface area (Å²) in [5.41, 5.74) is -1.04. The summed E-state index contributed by atoms with van der Waals surface area (Å²) >= 11 is 0. The molecule has 1 aliphatic heterocycles. The summed E-state index contributed by atoms with van der Waals surface area (Å²) in [6.45, 7) is 13.2. The van der Waals surface area contributed by atoms with Gasteiger partial charge >= 0.3 is 18.2 Å². The smallest absolute Gasteiger partial charge is 0.410 e. The summed E-state index contributed by atoms with van der Waals surface area (Å²) in [4.78, 5) is 39.2. The fourth-order valence-corrected chi connectivity index (χ4v) is 3.64. The number of nitrogens with zero attached hydrogens (tertiary/aromatic N) is 1. The molecule has 9 nitrogen and oxygen atoms in total. The number of esters is 1. The van der Waals surface area contributed by atoms with Crippen molar-refractivity contribution >= 4 is 18.2 Å². The molecular formula is C26H41N3O6. The van der Waals surface area contributed by atoms with Gasteiger partial charge in [0.25, 0.3) is 0 Å². The minimum absolute atomic E-state index is 0.204. The van der Waals surface area contributed by atoms with E-state index in [4.69, 9.17) is 14.2 Å². The van der Waals surface area contributed by atoms with Crippen LogP contribution in [0.15, 0.2) is 30.3 Å². The van der Waals surface area contributed by atoms with Crippen LogP contribution < -0.4 is 10.6 Å². The van der Waals surface area contributed by atoms with E-state index in [2.05, 4.69) is 10.6 Å². The molecule has 1 aromatic carbocycles. The van der Waals surface area contributed by atoms with Crippen molar-refractivity contribution in [3.8, 4) is 0 Å². The third-order valence-electron chi connectivity index (χ3n) is 5.45. The maximum absolute atomic E-state index is 13.1. The number of carbonyl (C=O) groups excluding carboxylic acids is 3. The average Bonchev–Trinajstić information content (AvgIpc) is 2.76. The number of hydrogen-bond donors (Lipinski definition) is 2. The van der Waals surface area contributed by atoms with Crippen molar-refractivity contribution in [3.63, 3.8) is 0 Å². The minimum Gasteiger partial charge on any atom is -0.460 e. The fourth-order valence-electron chi connectivity index (χ4n) is 3.64. The Bertz CT molecular complexity index is 837. The standard InChI is InChI=1S/C26H41N3O6/c1-24(2,3)34-21(30)26(12-16-29(17-13-26)23(32)35-25(4,5)6)19-27-14-15-28-22(31)33-18-20-10-8-7-9-11-20/h7-11,27H,12-19H2,1-6H3,(H,28,31). The normalized spacial score (nSPS) is 15.8. The van der Waals surface area contributed by atoms with Gasteiger partial charge < -0.3 is 29.7 Å². The van der Waals surface area contributed by atoms with Crippen LogP contribution in [0.4, 0.5) is 9.59 Å². The van der Waals surface area contributed by atoms with Crippen LogP contribution in [0.5, 0.6) is 0 Å². The highest BCUT2D eigenvalue weighted by atomic mass is 16.6. The maximum atomic E-state index is 13.1. The Balaban J connectivity index is 1.84. The summed E-state index contributed by atoms with van der Waals surface area (Å²) in [6, 6.07) is 9.46. The van der Waals surface area contributed by atoms with Crippen LogP contribution >= 0.6 is 0 Å². The SMILES string of the molecule is CC(C)(C)OC(=O)N1CCC(CNCCNC(=O)OCc2ccccc2)(C(=O)OC(C)(C)C)CC1. The second-order valence-electron chi connectivity index (χ2n) is 10.9. The lowest BCUT2D eigenvalue weighted by Gasteiger charge is -2.41. The Morgan fingerprint density at radius 2 is 1.51 bits per heavy atom. The lowest BCUT2D eigenvalue weighted by Crippen LogP contribution is -2.53. The highest BCUT2D eigenvalue weighted by molar-refractivity contribution is 5.78. The summed E-state index contributed by atoms with van der Waals surface area (Å²) < 4.78 is 16.4. The van der Waals surface area contributed by atoms with E-state index < -0.39 is 22.7 Å². The molecule has 2 N–H and O–H groups in total. The van der Waals surface area contributed by atoms with Gasteiger partial charge in [-0.1, -0.05) is 30.3 Å². The molecule has 1 fully saturated rings. The summed E-state index contributed by atoms with van der Waals surface area (Å²) in [5, 5.41) is 5.97. The number of likely N-dealkylation sites (tertiary alicyclic amines) is 1. The lowest BCUT2D eigenvalue weighted by atomic mass is 9.78. The minimum atomic E-state index is -0.764. The molecule has 0 aromatic heterocycles. The van der Waals surface area contributed by atoms with E-state index in [1.807, 2.05) is 71.9 Å². The first kappa shape index (κ1) is 28.4. The number of piperidine rings is 1. The van der Waals surface area contributed by atoms with Gasteiger partial charge in [-0.15, -0.1) is 0 Å². The van der Waals surface area contributed by atoms with Crippen molar-refractivity contribution < 1.29 is 28.6 Å². The molecular weight excluding hydrogens is 450 g/mol. The van der Waals surface area contributed by atoms with Crippen molar-refractivity contribution in [1.82, 2.24) is 15.5 Å². The van der Waals surface area contributed by atoms with Gasteiger partial charge in [0.1, 0.15) is 17.8 Å². The van der Waals surface area contributed by atoms with Crippen molar-refractivity contribution in [3.05, 3.63) is 35.9 Å². The van der Waals surface area contributed by atoms with Gasteiger partial charge in [-0.2, -0.15) is 0 Å². The Morgan fingerprint density at radius 3 is 2.09 bits per heavy atom. The molecule has 1 heterocycles. The molecule has 1 aromatic rings. The van der Waals surface area contributed by atoms with Crippen molar-refractivity contribution in [2.45, 2.75) is 72.2 Å². The van der Waals surface area contributed by atoms with Gasteiger partial charge in [0.2, 0.25) is 0 Å². The number of alkyl carbamates (subject to hydrolysis) is 1. The second-order valence-corrected chi connectivity index (χ2v) is 10.9. The Kier molecular flexibility index (Phi) is 9.94. The van der Waals surface area contributed by atoms with Gasteiger partial charge in [0.05, 0.1) is 5.41 Å². The number of hydrogen-bond acceptors (Lipinski definition) is 7. The van der Waals surface area contributed by atoms with Gasteiger partial charge in [0, 0.05) is 32.7 Å². The van der Waals surface area contributed by atoms with Gasteiger partial charge in [-0.3, -0.25) is 4.79 Å². The molecule has 0 atom stereocenters. The third kappa shape index (κ3) is 10.1. The van der Waals surface area contributed by atoms with E-state index in [0.717, 1.165) is 5.56 Å². The third-order valence-corrected chi connectivity index (χ3v) is 5.45. The number of ether oxygens (including phenoxy) is 3. The Hall–Kier alpha value is -2.81. The summed E-state index contributed by atoms with van der Waals surface area (Å²) in [7, 11) is 0. The van der Waals surface area contributed by atoms with E-state index in [0.29, 0.717) is 45.6 Å². The predicted octanol–water partition coefficient (Wildman–Crippen LogP) is 3.86. The largest absolute Gasteiger partial charge is 0.460 e. The van der Waals surface area contributed by atoms with Gasteiger partial charge in [0.15, 0.2) is 0 Å². The quantitative estimate of drug-likeness (QED) is 0.323. The summed E-state index contributed by atoms with van der Waals surface area (Å²) in [6.07, 6.45) is 0.0474. The van der Waals surface area contributed by atoms with E-state index in [-0.39, 0.29) is 18.7 Å². The maximum Gasteiger partial charge on any atom is 0.410 e. The molecule has 9 heteroatoms. The zero-order chi connectivity index (χ0) is 26.1. The van der Waals surface area contributed by atoms with E-state index in [1.54, 1.807) is 4.90 Å². The molecule has 1 aliphatic rings. The highest BCUT2D eigenvalue weighted by Crippen LogP contribution is 2.34. The zero-order valence-electron chi connectivity index (χ0n) is 21.9. The fraction of sp³-hybridized carbons (Fsp3) is 0.654. The van der Waals surface area contributed by atoms with Gasteiger partial charge in [-0.05, 0) is 59.9 Å². The molecule has 0 radical (unpaired) electrons. The summed E-state index contributed by atoms with van der Waals surface area (Å²) in [5.74, 6) is -0.281. The average molecular weight is 492 g/mol. The van der Waals surface area contributed by atoms with Crippen LogP contribution in [0.3, 0.4) is 0 Å². The predicted molar refractivity (Wildman–Crippen MR) is 133 cm³/mol. The van der Waals surface area contributed by atoms with Crippen LogP contribution in [-0.2, 0) is 25.6 Å². The Morgan fingerprint density at radius 1 is 0.914 bits per heavy atom. The molecule has 35 heavy (non-hydrogen) atoms. The topological polar surface area (TPSA) is 106 Å². The molecule has 0 saturated carbocycles. The van der Waals surface area contributed by atoms with E-state index in [9.17, 15) is 14.4 Å². The van der Waals surface area contributed by atoms with Crippen molar-refractivity contribution in [2.75, 3.05) is 32.7 Å². The van der Waals surface area contributed by atoms with Crippen molar-refractivity contribution in [1.29, 1.82) is 0 Å². The molecule has 0 aliphatic carbocycles. The van der Waals surface area contributed by atoms with Crippen molar-refractivity contribution in [2.24, 2.45) is 5.41 Å². The highest BCUT2D eigenvalue weighted by Gasteiger charge is 2.45. The van der Waals surface area contributed by atoms with Crippen LogP contribution in [0.2, 0.25) is 0 Å². The molecule has 2 amide bonds. The number of carbonyl (C=O) groups is 3. The van der Waals surface area contributed by atoms with E-state index >= 15 is 0 Å². The molecule has 1 saturated heterocycles. The molecule has 0 bridgehead atoms. The second kappa shape index (κ2) is 12.2. The first-order valence-corrected chi connectivity index (χ1v) is 12.2. The Labute approximate surface area is 208 Å². The molecule has 2 rings (SSSR count). The number of rotatable bonds is 8. The zero-order valence-corrected chi connectivity index (χ0v) is 21.9. The molecule has 0 unspecified atom stereocenters.